The zero-order valence-corrected chi connectivity index (χ0v) is 19.6. The van der Waals surface area contributed by atoms with Gasteiger partial charge in [-0.15, -0.1) is 0 Å². The van der Waals surface area contributed by atoms with Gasteiger partial charge in [-0.2, -0.15) is 0 Å². The predicted octanol–water partition coefficient (Wildman–Crippen LogP) is 1.32. The number of carboxylic acids is 1. The number of piperazine rings is 1. The Balaban J connectivity index is 1.47. The van der Waals surface area contributed by atoms with Crippen molar-refractivity contribution in [3.8, 4) is 5.75 Å². The number of morpholine rings is 1. The number of carboxylic acid groups (broad SMARTS) is 1. The SMILES string of the molecule is COc1ccc(C(=O)N2C[C@@H]3COCCN3C3(CN(C(=O)CC(C)(C)CC(=O)O)C3)C2)cc1. The van der Waals surface area contributed by atoms with E-state index in [-0.39, 0.29) is 36.2 Å². The fourth-order valence-electron chi connectivity index (χ4n) is 5.38. The van der Waals surface area contributed by atoms with E-state index in [0.29, 0.717) is 50.7 Å². The number of methoxy groups -OCH3 is 1. The van der Waals surface area contributed by atoms with Crippen LogP contribution in [0, 0.1) is 5.41 Å². The molecule has 9 nitrogen and oxygen atoms in total. The summed E-state index contributed by atoms with van der Waals surface area (Å²) in [5, 5.41) is 9.12. The number of aliphatic carboxylic acids is 1. The summed E-state index contributed by atoms with van der Waals surface area (Å²) in [6.07, 6.45) is 0.143. The molecule has 1 atom stereocenters. The number of nitrogens with zero attached hydrogens (tertiary/aromatic N) is 3. The lowest BCUT2D eigenvalue weighted by atomic mass is 9.80. The monoisotopic (exact) mass is 459 g/mol. The van der Waals surface area contributed by atoms with Crippen molar-refractivity contribution in [2.75, 3.05) is 53.0 Å². The molecule has 0 saturated carbocycles. The molecule has 3 fully saturated rings. The molecule has 180 valence electrons. The Kier molecular flexibility index (Phi) is 6.37. The average Bonchev–Trinajstić information content (AvgIpc) is 2.74. The highest BCUT2D eigenvalue weighted by Gasteiger charge is 2.56. The molecular formula is C24H33N3O6. The highest BCUT2D eigenvalue weighted by molar-refractivity contribution is 5.94. The van der Waals surface area contributed by atoms with Crippen LogP contribution in [-0.2, 0) is 14.3 Å². The van der Waals surface area contributed by atoms with Gasteiger partial charge in [-0.05, 0) is 29.7 Å². The second-order valence-electron chi connectivity index (χ2n) is 10.2. The number of carbonyl (C=O) groups is 3. The van der Waals surface area contributed by atoms with Crippen molar-refractivity contribution in [1.29, 1.82) is 0 Å². The Morgan fingerprint density at radius 2 is 1.79 bits per heavy atom. The topological polar surface area (TPSA) is 99.6 Å². The molecule has 0 aliphatic carbocycles. The standard InChI is InChI=1S/C24H33N3O6/c1-23(2,11-21(29)30)10-20(28)26-15-24(16-26)14-25(12-18-13-33-9-8-27(18)24)22(31)17-4-6-19(32-3)7-5-17/h4-7,18H,8-16H2,1-3H3,(H,29,30)/t18-/m1/s1. The van der Waals surface area contributed by atoms with Gasteiger partial charge in [-0.25, -0.2) is 0 Å². The fraction of sp³-hybridized carbons (Fsp3) is 0.625. The number of fused-ring (bicyclic) bond motifs is 2. The lowest BCUT2D eigenvalue weighted by Gasteiger charge is -2.63. The Morgan fingerprint density at radius 1 is 1.12 bits per heavy atom. The average molecular weight is 460 g/mol. The van der Waals surface area contributed by atoms with E-state index in [1.807, 2.05) is 18.7 Å². The molecule has 3 aliphatic heterocycles. The second-order valence-corrected chi connectivity index (χ2v) is 10.2. The highest BCUT2D eigenvalue weighted by atomic mass is 16.5. The number of benzene rings is 1. The largest absolute Gasteiger partial charge is 0.497 e. The van der Waals surface area contributed by atoms with Gasteiger partial charge in [0, 0.05) is 44.7 Å². The summed E-state index contributed by atoms with van der Waals surface area (Å²) in [6, 6.07) is 7.21. The number of amides is 2. The summed E-state index contributed by atoms with van der Waals surface area (Å²) < 4.78 is 10.9. The lowest BCUT2D eigenvalue weighted by Crippen LogP contribution is -2.81. The van der Waals surface area contributed by atoms with E-state index in [4.69, 9.17) is 14.6 Å². The normalized spacial score (nSPS) is 22.5. The van der Waals surface area contributed by atoms with Crippen molar-refractivity contribution in [1.82, 2.24) is 14.7 Å². The molecule has 0 aromatic heterocycles. The molecule has 3 aliphatic rings. The van der Waals surface area contributed by atoms with E-state index in [9.17, 15) is 14.4 Å². The summed E-state index contributed by atoms with van der Waals surface area (Å²) in [5.41, 5.74) is -0.281. The van der Waals surface area contributed by atoms with Gasteiger partial charge in [0.2, 0.25) is 5.91 Å². The minimum absolute atomic E-state index is 0.0321. The minimum atomic E-state index is -0.899. The Hall–Kier alpha value is -2.65. The van der Waals surface area contributed by atoms with Gasteiger partial charge in [0.05, 0.1) is 38.3 Å². The third-order valence-corrected chi connectivity index (χ3v) is 6.96. The number of rotatable bonds is 6. The van der Waals surface area contributed by atoms with Crippen molar-refractivity contribution in [2.24, 2.45) is 5.41 Å². The van der Waals surface area contributed by atoms with Crippen LogP contribution in [0.15, 0.2) is 24.3 Å². The fourth-order valence-corrected chi connectivity index (χ4v) is 5.38. The molecule has 0 radical (unpaired) electrons. The van der Waals surface area contributed by atoms with Gasteiger partial charge in [0.15, 0.2) is 0 Å². The van der Waals surface area contributed by atoms with Crippen molar-refractivity contribution in [2.45, 2.75) is 38.3 Å². The second kappa shape index (κ2) is 8.95. The molecule has 4 rings (SSSR count). The first-order valence-electron chi connectivity index (χ1n) is 11.4. The maximum atomic E-state index is 13.3. The first-order valence-corrected chi connectivity index (χ1v) is 11.4. The molecule has 3 heterocycles. The molecule has 1 aromatic carbocycles. The maximum Gasteiger partial charge on any atom is 0.303 e. The summed E-state index contributed by atoms with van der Waals surface area (Å²) in [4.78, 5) is 43.4. The number of likely N-dealkylation sites (tertiary alicyclic amines) is 1. The van der Waals surface area contributed by atoms with Crippen molar-refractivity contribution >= 4 is 17.8 Å². The zero-order chi connectivity index (χ0) is 23.8. The highest BCUT2D eigenvalue weighted by Crippen LogP contribution is 2.38. The van der Waals surface area contributed by atoms with Crippen LogP contribution in [-0.4, -0.2) is 102 Å². The number of hydrogen-bond acceptors (Lipinski definition) is 6. The number of carbonyl (C=O) groups excluding carboxylic acids is 2. The minimum Gasteiger partial charge on any atom is -0.497 e. The van der Waals surface area contributed by atoms with Crippen LogP contribution < -0.4 is 4.74 Å². The maximum absolute atomic E-state index is 13.3. The van der Waals surface area contributed by atoms with Crippen molar-refractivity contribution in [3.05, 3.63) is 29.8 Å². The molecule has 3 saturated heterocycles. The first kappa shape index (κ1) is 23.5. The molecule has 1 N–H and O–H groups in total. The number of hydrogen-bond donors (Lipinski definition) is 1. The van der Waals surface area contributed by atoms with Crippen LogP contribution in [0.2, 0.25) is 0 Å². The van der Waals surface area contributed by atoms with Gasteiger partial charge >= 0.3 is 5.97 Å². The first-order chi connectivity index (χ1) is 15.6. The molecule has 9 heteroatoms. The summed E-state index contributed by atoms with van der Waals surface area (Å²) in [7, 11) is 1.59. The van der Waals surface area contributed by atoms with Gasteiger partial charge < -0.3 is 24.4 Å². The Bertz CT molecular complexity index is 909. The zero-order valence-electron chi connectivity index (χ0n) is 19.6. The van der Waals surface area contributed by atoms with Crippen LogP contribution in [0.25, 0.3) is 0 Å². The Morgan fingerprint density at radius 3 is 2.42 bits per heavy atom. The summed E-state index contributed by atoms with van der Waals surface area (Å²) in [5.74, 6) is -0.263. The van der Waals surface area contributed by atoms with Crippen molar-refractivity contribution < 1.29 is 29.0 Å². The van der Waals surface area contributed by atoms with Crippen molar-refractivity contribution in [3.63, 3.8) is 0 Å². The molecule has 2 amide bonds. The molecule has 1 spiro atoms. The van der Waals surface area contributed by atoms with Crippen LogP contribution in [0.1, 0.15) is 37.0 Å². The lowest BCUT2D eigenvalue weighted by molar-refractivity contribution is -0.174. The predicted molar refractivity (Wildman–Crippen MR) is 120 cm³/mol. The number of ether oxygens (including phenoxy) is 2. The molecule has 33 heavy (non-hydrogen) atoms. The summed E-state index contributed by atoms with van der Waals surface area (Å²) in [6.45, 7) is 7.82. The smallest absolute Gasteiger partial charge is 0.303 e. The summed E-state index contributed by atoms with van der Waals surface area (Å²) >= 11 is 0. The van der Waals surface area contributed by atoms with Crippen LogP contribution in [0.4, 0.5) is 0 Å². The molecular weight excluding hydrogens is 426 g/mol. The Labute approximate surface area is 194 Å². The van der Waals surface area contributed by atoms with Gasteiger partial charge in [-0.3, -0.25) is 19.3 Å². The van der Waals surface area contributed by atoms with E-state index in [0.717, 1.165) is 6.54 Å². The van der Waals surface area contributed by atoms with E-state index < -0.39 is 11.4 Å². The van der Waals surface area contributed by atoms with Crippen LogP contribution in [0.5, 0.6) is 5.75 Å². The third kappa shape index (κ3) is 4.84. The van der Waals surface area contributed by atoms with E-state index in [1.54, 1.807) is 36.3 Å². The van der Waals surface area contributed by atoms with E-state index in [1.165, 1.54) is 0 Å². The van der Waals surface area contributed by atoms with Gasteiger partial charge in [0.1, 0.15) is 5.75 Å². The molecule has 0 unspecified atom stereocenters. The molecule has 1 aromatic rings. The van der Waals surface area contributed by atoms with E-state index >= 15 is 0 Å². The van der Waals surface area contributed by atoms with Crippen LogP contribution >= 0.6 is 0 Å². The molecule has 0 bridgehead atoms. The van der Waals surface area contributed by atoms with E-state index in [2.05, 4.69) is 4.90 Å². The third-order valence-electron chi connectivity index (χ3n) is 6.96. The van der Waals surface area contributed by atoms with Gasteiger partial charge in [0.25, 0.3) is 5.91 Å². The van der Waals surface area contributed by atoms with Gasteiger partial charge in [-0.1, -0.05) is 13.8 Å². The quantitative estimate of drug-likeness (QED) is 0.685. The van der Waals surface area contributed by atoms with Crippen LogP contribution in [0.3, 0.4) is 0 Å².